The van der Waals surface area contributed by atoms with Gasteiger partial charge in [0.05, 0.1) is 19.3 Å². The highest BCUT2D eigenvalue weighted by atomic mass is 16.7. The Balaban J connectivity index is 1.39. The van der Waals surface area contributed by atoms with Crippen LogP contribution in [0.1, 0.15) is 39.0 Å². The zero-order valence-corrected chi connectivity index (χ0v) is 25.2. The van der Waals surface area contributed by atoms with Crippen LogP contribution in [-0.4, -0.2) is 76.2 Å². The maximum absolute atomic E-state index is 12.1. The zero-order chi connectivity index (χ0) is 32.1. The molecule has 0 unspecified atom stereocenters. The van der Waals surface area contributed by atoms with Crippen molar-refractivity contribution >= 4 is 45.4 Å². The van der Waals surface area contributed by atoms with Crippen LogP contribution in [0.3, 0.4) is 0 Å². The number of benzene rings is 3. The van der Waals surface area contributed by atoms with E-state index in [1.54, 1.807) is 10.9 Å². The molecule has 0 bridgehead atoms. The predicted octanol–water partition coefficient (Wildman–Crippen LogP) is 3.23. The molecule has 0 saturated carbocycles. The molecule has 5 rings (SSSR count). The number of hydrogen-bond acceptors (Lipinski definition) is 12. The lowest BCUT2D eigenvalue weighted by Gasteiger charge is -2.43. The number of hydrogen-bond donors (Lipinski definition) is 0. The highest BCUT2D eigenvalue weighted by Gasteiger charge is 2.52. The highest BCUT2D eigenvalue weighted by molar-refractivity contribution is 6.02. The van der Waals surface area contributed by atoms with E-state index >= 15 is 0 Å². The number of rotatable bonds is 10. The van der Waals surface area contributed by atoms with Gasteiger partial charge in [-0.2, -0.15) is 0 Å². The Morgan fingerprint density at radius 2 is 1.36 bits per heavy atom. The third kappa shape index (κ3) is 7.62. The molecule has 0 aliphatic carbocycles. The van der Waals surface area contributed by atoms with Crippen molar-refractivity contribution in [1.82, 2.24) is 15.0 Å². The maximum atomic E-state index is 12.1. The molecule has 2 heterocycles. The summed E-state index contributed by atoms with van der Waals surface area (Å²) in [5, 5.41) is 13.0. The fraction of sp³-hybridized carbons (Fsp3) is 0.375. The SMILES string of the molecule is CC(=O)OC[C@H]1O[C@H](OCc2cn(Cc3c4ccccc4cc4ccccc34)nn2)[C@@H](OC(C)=O)[C@@H](OC(C)=O)[C@@H]1OC(C)=O. The highest BCUT2D eigenvalue weighted by Crippen LogP contribution is 2.31. The second-order valence-corrected chi connectivity index (χ2v) is 10.6. The minimum Gasteiger partial charge on any atom is -0.463 e. The monoisotopic (exact) mass is 619 g/mol. The summed E-state index contributed by atoms with van der Waals surface area (Å²) in [6, 6.07) is 18.4. The summed E-state index contributed by atoms with van der Waals surface area (Å²) in [4.78, 5) is 47.6. The van der Waals surface area contributed by atoms with Crippen LogP contribution in [0.15, 0.2) is 60.8 Å². The Hall–Kier alpha value is -4.88. The molecule has 1 fully saturated rings. The smallest absolute Gasteiger partial charge is 0.303 e. The molecule has 3 aromatic carbocycles. The number of nitrogens with zero attached hydrogens (tertiary/aromatic N) is 3. The van der Waals surface area contributed by atoms with E-state index in [0.717, 1.165) is 47.9 Å². The Bertz CT molecular complexity index is 1670. The molecule has 13 nitrogen and oxygen atoms in total. The van der Waals surface area contributed by atoms with Gasteiger partial charge in [-0.05, 0) is 33.2 Å². The van der Waals surface area contributed by atoms with Crippen LogP contribution in [0.2, 0.25) is 0 Å². The van der Waals surface area contributed by atoms with E-state index in [1.807, 2.05) is 24.3 Å². The molecule has 5 atom stereocenters. The van der Waals surface area contributed by atoms with Crippen molar-refractivity contribution in [2.75, 3.05) is 6.61 Å². The predicted molar refractivity (Wildman–Crippen MR) is 157 cm³/mol. The maximum Gasteiger partial charge on any atom is 0.303 e. The van der Waals surface area contributed by atoms with Gasteiger partial charge >= 0.3 is 23.9 Å². The number of aromatic nitrogens is 3. The van der Waals surface area contributed by atoms with Gasteiger partial charge in [0.15, 0.2) is 24.6 Å². The summed E-state index contributed by atoms with van der Waals surface area (Å²) in [6.45, 7) is 4.62. The summed E-state index contributed by atoms with van der Waals surface area (Å²) in [5.74, 6) is -2.78. The molecule has 1 saturated heterocycles. The van der Waals surface area contributed by atoms with Gasteiger partial charge in [-0.15, -0.1) is 5.10 Å². The van der Waals surface area contributed by atoms with E-state index in [0.29, 0.717) is 12.2 Å². The molecule has 1 aliphatic rings. The van der Waals surface area contributed by atoms with Gasteiger partial charge in [-0.1, -0.05) is 53.7 Å². The summed E-state index contributed by atoms with van der Waals surface area (Å²) < 4.78 is 35.1. The number of carbonyl (C=O) groups excluding carboxylic acids is 4. The van der Waals surface area contributed by atoms with Crippen LogP contribution in [0.5, 0.6) is 0 Å². The van der Waals surface area contributed by atoms with Crippen molar-refractivity contribution in [3.63, 3.8) is 0 Å². The van der Waals surface area contributed by atoms with Crippen LogP contribution in [-0.2, 0) is 60.8 Å². The Kier molecular flexibility index (Phi) is 9.69. The topological polar surface area (TPSA) is 154 Å². The molecule has 0 radical (unpaired) electrons. The molecule has 1 aliphatic heterocycles. The molecule has 45 heavy (non-hydrogen) atoms. The zero-order valence-electron chi connectivity index (χ0n) is 25.2. The minimum atomic E-state index is -1.33. The van der Waals surface area contributed by atoms with Crippen molar-refractivity contribution in [2.24, 2.45) is 0 Å². The van der Waals surface area contributed by atoms with Crippen molar-refractivity contribution < 1.29 is 47.6 Å². The fourth-order valence-corrected chi connectivity index (χ4v) is 5.41. The molecule has 4 aromatic rings. The molecular weight excluding hydrogens is 586 g/mol. The molecular formula is C32H33N3O10. The average molecular weight is 620 g/mol. The first kappa shape index (κ1) is 31.5. The molecule has 0 N–H and O–H groups in total. The number of ether oxygens (including phenoxy) is 6. The van der Waals surface area contributed by atoms with Crippen molar-refractivity contribution in [1.29, 1.82) is 0 Å². The summed E-state index contributed by atoms with van der Waals surface area (Å²) in [5.41, 5.74) is 1.52. The Morgan fingerprint density at radius 1 is 0.778 bits per heavy atom. The average Bonchev–Trinajstić information content (AvgIpc) is 3.44. The van der Waals surface area contributed by atoms with Gasteiger partial charge in [0, 0.05) is 27.7 Å². The molecule has 1 aromatic heterocycles. The van der Waals surface area contributed by atoms with Gasteiger partial charge in [-0.3, -0.25) is 19.2 Å². The van der Waals surface area contributed by atoms with E-state index in [4.69, 9.17) is 28.4 Å². The second kappa shape index (κ2) is 13.8. The summed E-state index contributed by atoms with van der Waals surface area (Å²) >= 11 is 0. The Morgan fingerprint density at radius 3 is 1.96 bits per heavy atom. The lowest BCUT2D eigenvalue weighted by molar-refractivity contribution is -0.310. The van der Waals surface area contributed by atoms with Crippen LogP contribution < -0.4 is 0 Å². The van der Waals surface area contributed by atoms with E-state index in [9.17, 15) is 19.2 Å². The van der Waals surface area contributed by atoms with Crippen molar-refractivity contribution in [2.45, 2.75) is 71.6 Å². The standard InChI is InChI=1S/C32H33N3O10/c1-18(36)40-17-28-29(42-19(2)37)30(43-20(3)38)31(44-21(4)39)32(45-28)41-16-24-14-35(34-33-24)15-27-25-11-7-5-9-22(25)13-23-10-6-8-12-26(23)27/h5-14,28-32H,15-17H2,1-4H3/t28-,29-,30+,31+,32+/m1/s1. The molecule has 0 spiro atoms. The van der Waals surface area contributed by atoms with Gasteiger partial charge in [0.25, 0.3) is 0 Å². The van der Waals surface area contributed by atoms with Crippen molar-refractivity contribution in [3.05, 3.63) is 72.1 Å². The quantitative estimate of drug-likeness (QED) is 0.145. The second-order valence-electron chi connectivity index (χ2n) is 10.6. The molecule has 13 heteroatoms. The first-order chi connectivity index (χ1) is 21.6. The van der Waals surface area contributed by atoms with Crippen LogP contribution in [0, 0.1) is 0 Å². The lowest BCUT2D eigenvalue weighted by Crippen LogP contribution is -2.62. The third-order valence-electron chi connectivity index (χ3n) is 7.13. The van der Waals surface area contributed by atoms with E-state index in [1.165, 1.54) is 6.92 Å². The molecule has 236 valence electrons. The Labute approximate surface area is 258 Å². The lowest BCUT2D eigenvalue weighted by atomic mass is 9.97. The first-order valence-electron chi connectivity index (χ1n) is 14.3. The van der Waals surface area contributed by atoms with Crippen LogP contribution >= 0.6 is 0 Å². The van der Waals surface area contributed by atoms with E-state index in [-0.39, 0.29) is 13.2 Å². The van der Waals surface area contributed by atoms with E-state index < -0.39 is 54.6 Å². The minimum absolute atomic E-state index is 0.135. The van der Waals surface area contributed by atoms with Crippen LogP contribution in [0.25, 0.3) is 21.5 Å². The fourth-order valence-electron chi connectivity index (χ4n) is 5.41. The third-order valence-corrected chi connectivity index (χ3v) is 7.13. The van der Waals surface area contributed by atoms with Gasteiger partial charge < -0.3 is 28.4 Å². The summed E-state index contributed by atoms with van der Waals surface area (Å²) in [7, 11) is 0. The van der Waals surface area contributed by atoms with Gasteiger partial charge in [0.2, 0.25) is 0 Å². The normalized spacial score (nSPS) is 21.3. The van der Waals surface area contributed by atoms with Gasteiger partial charge in [-0.25, -0.2) is 4.68 Å². The number of esters is 4. The van der Waals surface area contributed by atoms with Crippen molar-refractivity contribution in [3.8, 4) is 0 Å². The molecule has 0 amide bonds. The number of fused-ring (bicyclic) bond motifs is 2. The number of carbonyl (C=O) groups is 4. The van der Waals surface area contributed by atoms with E-state index in [2.05, 4.69) is 40.6 Å². The first-order valence-corrected chi connectivity index (χ1v) is 14.3. The van der Waals surface area contributed by atoms with Crippen LogP contribution in [0.4, 0.5) is 0 Å². The summed E-state index contributed by atoms with van der Waals surface area (Å²) in [6.07, 6.45) is -4.65. The van der Waals surface area contributed by atoms with Gasteiger partial charge in [0.1, 0.15) is 18.4 Å². The largest absolute Gasteiger partial charge is 0.463 e.